The summed E-state index contributed by atoms with van der Waals surface area (Å²) in [6.45, 7) is 0. The Kier molecular flexibility index (Phi) is 3.72. The molecule has 2 rings (SSSR count). The lowest BCUT2D eigenvalue weighted by molar-refractivity contribution is 0.220. The molecule has 0 aliphatic rings. The summed E-state index contributed by atoms with van der Waals surface area (Å²) in [5.74, 6) is 0. The smallest absolute Gasteiger partial charge is 0.132 e. The Bertz CT molecular complexity index is 515. The molecule has 0 fully saturated rings. The van der Waals surface area contributed by atoms with Crippen molar-refractivity contribution in [3.8, 4) is 0 Å². The molecule has 16 heavy (non-hydrogen) atoms. The van der Waals surface area contributed by atoms with Crippen LogP contribution in [0.2, 0.25) is 14.4 Å². The number of halogens is 3. The van der Waals surface area contributed by atoms with Crippen LogP contribution >= 0.6 is 46.1 Å². The Morgan fingerprint density at radius 2 is 2.00 bits per heavy atom. The van der Waals surface area contributed by atoms with E-state index in [4.69, 9.17) is 34.8 Å². The van der Waals surface area contributed by atoms with Gasteiger partial charge in [0.25, 0.3) is 0 Å². The topological polar surface area (TPSA) is 33.1 Å². The molecular weight excluding hydrogens is 289 g/mol. The largest absolute Gasteiger partial charge is 0.381 e. The van der Waals surface area contributed by atoms with Gasteiger partial charge in [-0.3, -0.25) is 0 Å². The molecule has 0 saturated heterocycles. The average molecular weight is 295 g/mol. The van der Waals surface area contributed by atoms with Crippen molar-refractivity contribution in [2.75, 3.05) is 0 Å². The lowest BCUT2D eigenvalue weighted by Gasteiger charge is -2.10. The van der Waals surface area contributed by atoms with Crippen molar-refractivity contribution in [2.24, 2.45) is 0 Å². The number of thiazole rings is 1. The van der Waals surface area contributed by atoms with E-state index in [2.05, 4.69) is 4.98 Å². The first-order chi connectivity index (χ1) is 7.59. The molecule has 0 bridgehead atoms. The average Bonchev–Trinajstić information content (AvgIpc) is 2.68. The first-order valence-electron chi connectivity index (χ1n) is 4.33. The monoisotopic (exact) mass is 293 g/mol. The third-order valence-electron chi connectivity index (χ3n) is 2.01. The van der Waals surface area contributed by atoms with Gasteiger partial charge < -0.3 is 5.11 Å². The molecular formula is C10H6Cl3NOS. The van der Waals surface area contributed by atoms with Gasteiger partial charge in [0.05, 0.1) is 16.2 Å². The highest BCUT2D eigenvalue weighted by atomic mass is 35.5. The lowest BCUT2D eigenvalue weighted by Crippen LogP contribution is -1.99. The van der Waals surface area contributed by atoms with Gasteiger partial charge >= 0.3 is 0 Å². The summed E-state index contributed by atoms with van der Waals surface area (Å²) in [4.78, 5) is 4.00. The van der Waals surface area contributed by atoms with Gasteiger partial charge in [0.1, 0.15) is 15.4 Å². The van der Waals surface area contributed by atoms with Crippen molar-refractivity contribution in [1.82, 2.24) is 4.98 Å². The summed E-state index contributed by atoms with van der Waals surface area (Å²) < 4.78 is 0.521. The van der Waals surface area contributed by atoms with E-state index < -0.39 is 6.10 Å². The second-order valence-electron chi connectivity index (χ2n) is 3.05. The fraction of sp³-hybridized carbons (Fsp3) is 0.100. The maximum Gasteiger partial charge on any atom is 0.132 e. The van der Waals surface area contributed by atoms with Crippen LogP contribution in [0.4, 0.5) is 0 Å². The first-order valence-corrected chi connectivity index (χ1v) is 6.28. The van der Waals surface area contributed by atoms with Crippen LogP contribution in [-0.4, -0.2) is 10.1 Å². The minimum atomic E-state index is -0.899. The number of rotatable bonds is 2. The predicted molar refractivity (Wildman–Crippen MR) is 67.6 cm³/mol. The Balaban J connectivity index is 2.41. The molecule has 1 N–H and O–H groups in total. The van der Waals surface area contributed by atoms with E-state index in [0.717, 1.165) is 0 Å². The van der Waals surface area contributed by atoms with E-state index in [1.807, 2.05) is 0 Å². The molecule has 1 aromatic heterocycles. The third kappa shape index (κ3) is 2.34. The summed E-state index contributed by atoms with van der Waals surface area (Å²) >= 11 is 18.8. The van der Waals surface area contributed by atoms with Crippen LogP contribution in [0.3, 0.4) is 0 Å². The lowest BCUT2D eigenvalue weighted by atomic mass is 10.1. The number of benzene rings is 1. The van der Waals surface area contributed by atoms with Crippen LogP contribution in [0.25, 0.3) is 0 Å². The Morgan fingerprint density at radius 3 is 2.62 bits per heavy atom. The van der Waals surface area contributed by atoms with E-state index in [-0.39, 0.29) is 0 Å². The second kappa shape index (κ2) is 4.90. The third-order valence-corrected chi connectivity index (χ3v) is 4.01. The number of aliphatic hydroxyl groups is 1. The van der Waals surface area contributed by atoms with Crippen molar-refractivity contribution in [2.45, 2.75) is 6.10 Å². The fourth-order valence-corrected chi connectivity index (χ4v) is 2.60. The zero-order valence-electron chi connectivity index (χ0n) is 7.82. The minimum absolute atomic E-state index is 0.336. The summed E-state index contributed by atoms with van der Waals surface area (Å²) in [6.07, 6.45) is 0.590. The van der Waals surface area contributed by atoms with Gasteiger partial charge in [-0.05, 0) is 6.07 Å². The van der Waals surface area contributed by atoms with Crippen molar-refractivity contribution in [3.63, 3.8) is 0 Å². The van der Waals surface area contributed by atoms with Crippen LogP contribution in [0, 0.1) is 0 Å². The highest BCUT2D eigenvalue weighted by Crippen LogP contribution is 2.35. The van der Waals surface area contributed by atoms with Crippen molar-refractivity contribution in [3.05, 3.63) is 49.3 Å². The van der Waals surface area contributed by atoms with E-state index in [1.54, 1.807) is 18.2 Å². The molecule has 1 atom stereocenters. The molecule has 2 nitrogen and oxygen atoms in total. The molecule has 0 aliphatic carbocycles. The Labute approximate surface area is 111 Å². The van der Waals surface area contributed by atoms with E-state index >= 15 is 0 Å². The van der Waals surface area contributed by atoms with E-state index in [0.29, 0.717) is 25.0 Å². The second-order valence-corrected chi connectivity index (χ2v) is 5.53. The van der Waals surface area contributed by atoms with E-state index in [1.165, 1.54) is 17.5 Å². The highest BCUT2D eigenvalue weighted by Gasteiger charge is 2.18. The number of nitrogens with zero attached hydrogens (tertiary/aromatic N) is 1. The van der Waals surface area contributed by atoms with Gasteiger partial charge in [0.2, 0.25) is 0 Å². The molecule has 84 valence electrons. The van der Waals surface area contributed by atoms with Gasteiger partial charge in [-0.25, -0.2) is 4.98 Å². The summed E-state index contributed by atoms with van der Waals surface area (Å²) in [6, 6.07) is 5.09. The number of hydrogen-bond donors (Lipinski definition) is 1. The normalized spacial score (nSPS) is 12.8. The summed E-state index contributed by atoms with van der Waals surface area (Å²) in [7, 11) is 0. The van der Waals surface area contributed by atoms with Crippen LogP contribution in [0.5, 0.6) is 0 Å². The van der Waals surface area contributed by atoms with Crippen LogP contribution in [0.15, 0.2) is 24.4 Å². The quantitative estimate of drug-likeness (QED) is 0.901. The molecule has 2 aromatic rings. The zero-order chi connectivity index (χ0) is 11.7. The first kappa shape index (κ1) is 12.1. The van der Waals surface area contributed by atoms with Crippen molar-refractivity contribution >= 4 is 46.1 Å². The maximum atomic E-state index is 10.1. The van der Waals surface area contributed by atoms with E-state index in [9.17, 15) is 5.11 Å². The van der Waals surface area contributed by atoms with Crippen LogP contribution in [-0.2, 0) is 0 Å². The molecule has 0 aliphatic heterocycles. The van der Waals surface area contributed by atoms with Gasteiger partial charge in [0, 0.05) is 5.56 Å². The van der Waals surface area contributed by atoms with Crippen molar-refractivity contribution < 1.29 is 5.11 Å². The highest BCUT2D eigenvalue weighted by molar-refractivity contribution is 7.15. The molecule has 1 unspecified atom stereocenters. The number of hydrogen-bond acceptors (Lipinski definition) is 3. The molecule has 0 amide bonds. The van der Waals surface area contributed by atoms with Gasteiger partial charge in [-0.1, -0.05) is 46.9 Å². The van der Waals surface area contributed by atoms with Gasteiger partial charge in [0.15, 0.2) is 0 Å². The molecule has 1 heterocycles. The molecule has 0 radical (unpaired) electrons. The fourth-order valence-electron chi connectivity index (χ4n) is 1.26. The van der Waals surface area contributed by atoms with Gasteiger partial charge in [-0.2, -0.15) is 0 Å². The predicted octanol–water partition coefficient (Wildman–Crippen LogP) is 4.19. The molecule has 1 aromatic carbocycles. The molecule has 6 heteroatoms. The SMILES string of the molecule is OC(c1ncc(Cl)s1)c1cccc(Cl)c1Cl. The number of aromatic nitrogens is 1. The number of aliphatic hydroxyl groups excluding tert-OH is 1. The van der Waals surface area contributed by atoms with Gasteiger partial charge in [-0.15, -0.1) is 11.3 Å². The standard InChI is InChI=1S/C10H6Cl3NOS/c11-6-3-1-2-5(8(6)13)9(15)10-14-4-7(12)16-10/h1-4,9,15H. The van der Waals surface area contributed by atoms with Crippen molar-refractivity contribution in [1.29, 1.82) is 0 Å². The minimum Gasteiger partial charge on any atom is -0.381 e. The summed E-state index contributed by atoms with van der Waals surface area (Å²) in [5.41, 5.74) is 0.528. The summed E-state index contributed by atoms with van der Waals surface area (Å²) in [5, 5.41) is 11.3. The maximum absolute atomic E-state index is 10.1. The van der Waals surface area contributed by atoms with Crippen LogP contribution in [0.1, 0.15) is 16.7 Å². The Hall–Kier alpha value is -0.320. The molecule has 0 saturated carbocycles. The Morgan fingerprint density at radius 1 is 1.25 bits per heavy atom. The molecule has 0 spiro atoms. The van der Waals surface area contributed by atoms with Crippen LogP contribution < -0.4 is 0 Å². The zero-order valence-corrected chi connectivity index (χ0v) is 10.9.